The Morgan fingerprint density at radius 3 is 2.27 bits per heavy atom. The Morgan fingerprint density at radius 2 is 1.60 bits per heavy atom. The first-order valence-electron chi connectivity index (χ1n) is 10.6. The predicted molar refractivity (Wildman–Crippen MR) is 119 cm³/mol. The third-order valence-corrected chi connectivity index (χ3v) is 7.26. The largest absolute Gasteiger partial charge is 0.457 e. The Kier molecular flexibility index (Phi) is 5.61. The minimum atomic E-state index is -0.0483. The molecule has 2 aliphatic rings. The topological polar surface area (TPSA) is 41.9 Å². The third-order valence-electron chi connectivity index (χ3n) is 6.28. The number of hydrogen-bond donors (Lipinski definition) is 1. The van der Waals surface area contributed by atoms with E-state index in [1.54, 1.807) is 0 Å². The number of piperidine rings is 1. The maximum absolute atomic E-state index is 9.14. The van der Waals surface area contributed by atoms with Gasteiger partial charge >= 0.3 is 0 Å². The van der Waals surface area contributed by atoms with Gasteiger partial charge in [-0.25, -0.2) is 0 Å². The quantitative estimate of drug-likeness (QED) is 0.623. The fraction of sp³-hybridized carbons (Fsp3) is 0.360. The molecule has 30 heavy (non-hydrogen) atoms. The van der Waals surface area contributed by atoms with E-state index >= 15 is 0 Å². The zero-order valence-corrected chi connectivity index (χ0v) is 17.9. The van der Waals surface area contributed by atoms with Crippen molar-refractivity contribution in [1.29, 1.82) is 0 Å². The van der Waals surface area contributed by atoms with Gasteiger partial charge < -0.3 is 14.6 Å². The summed E-state index contributed by atoms with van der Waals surface area (Å²) in [6.07, 6.45) is 3.21. The summed E-state index contributed by atoms with van der Waals surface area (Å²) in [5.41, 5.74) is 3.59. The summed E-state index contributed by atoms with van der Waals surface area (Å²) in [6, 6.07) is 18.2. The molecule has 0 atom stereocenters. The van der Waals surface area contributed by atoms with Gasteiger partial charge in [0, 0.05) is 30.9 Å². The summed E-state index contributed by atoms with van der Waals surface area (Å²) < 4.78 is 12.2. The van der Waals surface area contributed by atoms with E-state index in [1.165, 1.54) is 16.0 Å². The van der Waals surface area contributed by atoms with Crippen molar-refractivity contribution in [2.24, 2.45) is 0 Å². The van der Waals surface area contributed by atoms with E-state index in [0.29, 0.717) is 0 Å². The fourth-order valence-electron chi connectivity index (χ4n) is 4.56. The van der Waals surface area contributed by atoms with Crippen LogP contribution in [0.3, 0.4) is 0 Å². The van der Waals surface area contributed by atoms with Crippen LogP contribution in [0.1, 0.15) is 34.4 Å². The minimum Gasteiger partial charge on any atom is -0.457 e. The highest BCUT2D eigenvalue weighted by Gasteiger charge is 2.41. The molecule has 3 heterocycles. The molecule has 1 spiro atoms. The minimum absolute atomic E-state index is 0.0483. The first kappa shape index (κ1) is 19.8. The van der Waals surface area contributed by atoms with E-state index in [2.05, 4.69) is 28.5 Å². The maximum Gasteiger partial charge on any atom is 0.127 e. The molecule has 2 aliphatic heterocycles. The highest BCUT2D eigenvalue weighted by molar-refractivity contribution is 7.10. The lowest BCUT2D eigenvalue weighted by Gasteiger charge is -2.44. The monoisotopic (exact) mass is 421 g/mol. The zero-order valence-electron chi connectivity index (χ0n) is 17.0. The zero-order chi connectivity index (χ0) is 20.4. The molecule has 5 rings (SSSR count). The van der Waals surface area contributed by atoms with Gasteiger partial charge in [-0.1, -0.05) is 24.3 Å². The van der Waals surface area contributed by atoms with Crippen LogP contribution in [-0.4, -0.2) is 29.7 Å². The number of aliphatic hydroxyl groups is 1. The lowest BCUT2D eigenvalue weighted by Crippen LogP contribution is -2.45. The normalized spacial score (nSPS) is 18.3. The molecule has 0 radical (unpaired) electrons. The van der Waals surface area contributed by atoms with Gasteiger partial charge in [0.1, 0.15) is 11.5 Å². The number of hydrogen-bond acceptors (Lipinski definition) is 5. The number of likely N-dealkylation sites (tertiary alicyclic amines) is 1. The average molecular weight is 422 g/mol. The molecule has 1 saturated heterocycles. The van der Waals surface area contributed by atoms with E-state index in [9.17, 15) is 0 Å². The van der Waals surface area contributed by atoms with Gasteiger partial charge in [-0.3, -0.25) is 4.90 Å². The molecule has 4 nitrogen and oxygen atoms in total. The van der Waals surface area contributed by atoms with Crippen LogP contribution in [0, 0.1) is 0 Å². The van der Waals surface area contributed by atoms with Crippen molar-refractivity contribution < 1.29 is 14.6 Å². The van der Waals surface area contributed by atoms with Gasteiger partial charge in [-0.2, -0.15) is 0 Å². The van der Waals surface area contributed by atoms with Crippen LogP contribution in [0.15, 0.2) is 60.0 Å². The van der Waals surface area contributed by atoms with Crippen LogP contribution in [0.2, 0.25) is 0 Å². The second-order valence-corrected chi connectivity index (χ2v) is 9.18. The number of fused-ring (bicyclic) bond motifs is 2. The smallest absolute Gasteiger partial charge is 0.127 e. The molecule has 0 saturated carbocycles. The molecule has 0 amide bonds. The molecule has 2 aromatic carbocycles. The Labute approximate surface area is 181 Å². The van der Waals surface area contributed by atoms with Gasteiger partial charge in [0.25, 0.3) is 0 Å². The van der Waals surface area contributed by atoms with Crippen LogP contribution in [-0.2, 0) is 29.9 Å². The number of aliphatic hydroxyl groups excluding tert-OH is 1. The van der Waals surface area contributed by atoms with E-state index in [4.69, 9.17) is 14.6 Å². The van der Waals surface area contributed by atoms with Crippen molar-refractivity contribution in [1.82, 2.24) is 4.90 Å². The predicted octanol–water partition coefficient (Wildman–Crippen LogP) is 5.10. The van der Waals surface area contributed by atoms with Crippen molar-refractivity contribution in [2.45, 2.75) is 38.0 Å². The number of rotatable bonds is 5. The molecule has 1 aromatic heterocycles. The van der Waals surface area contributed by atoms with E-state index in [-0.39, 0.29) is 12.2 Å². The summed E-state index contributed by atoms with van der Waals surface area (Å²) in [7, 11) is 0. The maximum atomic E-state index is 9.14. The van der Waals surface area contributed by atoms with Crippen molar-refractivity contribution in [3.8, 4) is 11.5 Å². The molecule has 0 unspecified atom stereocenters. The van der Waals surface area contributed by atoms with E-state index in [1.807, 2.05) is 47.7 Å². The molecule has 0 bridgehead atoms. The number of ether oxygens (including phenoxy) is 2. The van der Waals surface area contributed by atoms with Crippen molar-refractivity contribution in [2.75, 3.05) is 19.7 Å². The Hall–Kier alpha value is -2.18. The number of thiophene rings is 1. The molecule has 156 valence electrons. The van der Waals surface area contributed by atoms with Gasteiger partial charge in [-0.05, 0) is 65.2 Å². The van der Waals surface area contributed by atoms with Gasteiger partial charge in [-0.15, -0.1) is 11.3 Å². The lowest BCUT2D eigenvalue weighted by molar-refractivity contribution is -0.0980. The van der Waals surface area contributed by atoms with E-state index in [0.717, 1.165) is 62.6 Å². The summed E-state index contributed by atoms with van der Waals surface area (Å²) in [6.45, 7) is 3.98. The SMILES string of the molecule is OCc1ccc(Oc2ccc(CN3CCC4(CC3)OCCc3sccc34)cc2)cc1. The van der Waals surface area contributed by atoms with Gasteiger partial charge in [0.05, 0.1) is 18.8 Å². The van der Waals surface area contributed by atoms with Crippen molar-refractivity contribution in [3.05, 3.63) is 81.5 Å². The van der Waals surface area contributed by atoms with Crippen LogP contribution in [0.25, 0.3) is 0 Å². The van der Waals surface area contributed by atoms with Crippen LogP contribution < -0.4 is 4.74 Å². The van der Waals surface area contributed by atoms with Crippen LogP contribution >= 0.6 is 11.3 Å². The van der Waals surface area contributed by atoms with Crippen molar-refractivity contribution in [3.63, 3.8) is 0 Å². The Balaban J connectivity index is 1.17. The van der Waals surface area contributed by atoms with E-state index < -0.39 is 0 Å². The highest BCUT2D eigenvalue weighted by atomic mass is 32.1. The van der Waals surface area contributed by atoms with Crippen LogP contribution in [0.4, 0.5) is 0 Å². The summed E-state index contributed by atoms with van der Waals surface area (Å²) in [4.78, 5) is 4.05. The summed E-state index contributed by atoms with van der Waals surface area (Å²) >= 11 is 1.88. The Bertz CT molecular complexity index is 972. The average Bonchev–Trinajstić information content (AvgIpc) is 3.28. The lowest BCUT2D eigenvalue weighted by atomic mass is 9.82. The molecule has 1 N–H and O–H groups in total. The number of benzene rings is 2. The first-order chi connectivity index (χ1) is 14.7. The standard InChI is InChI=1S/C25H27NO3S/c27-18-20-3-7-22(8-4-20)29-21-5-1-19(2-6-21)17-26-13-11-25(12-14-26)23-10-16-30-24(23)9-15-28-25/h1-8,10,16,27H,9,11-15,17-18H2. The van der Waals surface area contributed by atoms with Crippen molar-refractivity contribution >= 4 is 11.3 Å². The third kappa shape index (κ3) is 4.03. The summed E-state index contributed by atoms with van der Waals surface area (Å²) in [5, 5.41) is 11.4. The first-order valence-corrected chi connectivity index (χ1v) is 11.5. The second-order valence-electron chi connectivity index (χ2n) is 8.17. The molecule has 0 aliphatic carbocycles. The molecule has 5 heteroatoms. The fourth-order valence-corrected chi connectivity index (χ4v) is 5.51. The van der Waals surface area contributed by atoms with Gasteiger partial charge in [0.2, 0.25) is 0 Å². The Morgan fingerprint density at radius 1 is 0.933 bits per heavy atom. The van der Waals surface area contributed by atoms with Crippen LogP contribution in [0.5, 0.6) is 11.5 Å². The van der Waals surface area contributed by atoms with Gasteiger partial charge in [0.15, 0.2) is 0 Å². The molecular weight excluding hydrogens is 394 g/mol. The number of nitrogens with zero attached hydrogens (tertiary/aromatic N) is 1. The molecule has 3 aromatic rings. The molecule has 1 fully saturated rings. The second kappa shape index (κ2) is 8.52. The highest BCUT2D eigenvalue weighted by Crippen LogP contribution is 2.43. The molecular formula is C25H27NO3S. The summed E-state index contributed by atoms with van der Waals surface area (Å²) in [5.74, 6) is 1.61.